The monoisotopic (exact) mass is 351 g/mol. The standard InChI is InChI=1S/C13H16BrCl2NO/c1-9(2)17-7-10-5-12(3-4-13(10)14)18-8-11(16)6-15/h3-6,9,17H,7-8H2,1-2H3/b11-6-. The molecule has 1 aromatic rings. The molecule has 0 unspecified atom stereocenters. The predicted octanol–water partition coefficient (Wildman–Crippen LogP) is 4.64. The lowest BCUT2D eigenvalue weighted by Crippen LogP contribution is -2.22. The molecule has 100 valence electrons. The van der Waals surface area contributed by atoms with Crippen LogP contribution in [-0.4, -0.2) is 12.6 Å². The van der Waals surface area contributed by atoms with Crippen molar-refractivity contribution >= 4 is 39.1 Å². The van der Waals surface area contributed by atoms with Gasteiger partial charge in [0, 0.05) is 22.6 Å². The summed E-state index contributed by atoms with van der Waals surface area (Å²) >= 11 is 14.8. The SMILES string of the molecule is CC(C)NCc1cc(OC/C(Cl)=C/Cl)ccc1Br. The molecule has 2 nitrogen and oxygen atoms in total. The van der Waals surface area contributed by atoms with Crippen LogP contribution in [-0.2, 0) is 6.54 Å². The molecule has 0 atom stereocenters. The van der Waals surface area contributed by atoms with E-state index in [0.29, 0.717) is 11.1 Å². The molecular weight excluding hydrogens is 337 g/mol. The van der Waals surface area contributed by atoms with E-state index in [4.69, 9.17) is 27.9 Å². The molecule has 0 saturated heterocycles. The second kappa shape index (κ2) is 8.05. The van der Waals surface area contributed by atoms with Gasteiger partial charge in [-0.2, -0.15) is 0 Å². The zero-order chi connectivity index (χ0) is 13.5. The summed E-state index contributed by atoms with van der Waals surface area (Å²) < 4.78 is 6.59. The molecule has 0 heterocycles. The van der Waals surface area contributed by atoms with E-state index in [0.717, 1.165) is 22.3 Å². The van der Waals surface area contributed by atoms with Crippen molar-refractivity contribution in [2.75, 3.05) is 6.61 Å². The van der Waals surface area contributed by atoms with Crippen LogP contribution in [0.4, 0.5) is 0 Å². The topological polar surface area (TPSA) is 21.3 Å². The number of hydrogen-bond donors (Lipinski definition) is 1. The van der Waals surface area contributed by atoms with E-state index in [1.54, 1.807) is 0 Å². The third kappa shape index (κ3) is 5.61. The van der Waals surface area contributed by atoms with Gasteiger partial charge in [0.05, 0.1) is 5.03 Å². The van der Waals surface area contributed by atoms with Gasteiger partial charge in [0.15, 0.2) is 0 Å². The highest BCUT2D eigenvalue weighted by Crippen LogP contribution is 2.23. The second-order valence-corrected chi connectivity index (χ2v) is 5.69. The first-order chi connectivity index (χ1) is 8.52. The number of rotatable bonds is 6. The molecule has 18 heavy (non-hydrogen) atoms. The van der Waals surface area contributed by atoms with Crippen molar-refractivity contribution in [3.05, 3.63) is 38.8 Å². The highest BCUT2D eigenvalue weighted by atomic mass is 79.9. The first-order valence-electron chi connectivity index (χ1n) is 5.62. The largest absolute Gasteiger partial charge is 0.488 e. The van der Waals surface area contributed by atoms with Crippen LogP contribution in [0.2, 0.25) is 0 Å². The van der Waals surface area contributed by atoms with Gasteiger partial charge in [-0.3, -0.25) is 0 Å². The Labute approximate surface area is 126 Å². The summed E-state index contributed by atoms with van der Waals surface area (Å²) in [6.45, 7) is 5.29. The molecule has 5 heteroatoms. The van der Waals surface area contributed by atoms with Gasteiger partial charge in [-0.1, -0.05) is 53.0 Å². The fourth-order valence-electron chi connectivity index (χ4n) is 1.27. The van der Waals surface area contributed by atoms with Gasteiger partial charge in [-0.05, 0) is 23.8 Å². The summed E-state index contributed by atoms with van der Waals surface area (Å²) in [4.78, 5) is 0. The Balaban J connectivity index is 2.68. The van der Waals surface area contributed by atoms with E-state index in [1.807, 2.05) is 18.2 Å². The number of ether oxygens (including phenoxy) is 1. The van der Waals surface area contributed by atoms with E-state index in [1.165, 1.54) is 5.54 Å². The average Bonchev–Trinajstić information content (AvgIpc) is 2.35. The predicted molar refractivity (Wildman–Crippen MR) is 81.4 cm³/mol. The fraction of sp³-hybridized carbons (Fsp3) is 0.385. The van der Waals surface area contributed by atoms with Crippen LogP contribution in [0, 0.1) is 0 Å². The van der Waals surface area contributed by atoms with Gasteiger partial charge < -0.3 is 10.1 Å². The molecule has 0 saturated carbocycles. The van der Waals surface area contributed by atoms with E-state index >= 15 is 0 Å². The molecule has 1 aromatic carbocycles. The molecular formula is C13H16BrCl2NO. The van der Waals surface area contributed by atoms with Crippen molar-refractivity contribution in [3.63, 3.8) is 0 Å². The van der Waals surface area contributed by atoms with Crippen LogP contribution in [0.5, 0.6) is 5.75 Å². The fourth-order valence-corrected chi connectivity index (χ4v) is 1.78. The van der Waals surface area contributed by atoms with Crippen molar-refractivity contribution in [1.29, 1.82) is 0 Å². The number of nitrogens with one attached hydrogen (secondary N) is 1. The van der Waals surface area contributed by atoms with Crippen molar-refractivity contribution < 1.29 is 4.74 Å². The number of halogens is 3. The molecule has 0 amide bonds. The summed E-state index contributed by atoms with van der Waals surface area (Å²) in [5.74, 6) is 0.774. The molecule has 0 fully saturated rings. The van der Waals surface area contributed by atoms with Gasteiger partial charge in [0.25, 0.3) is 0 Å². The minimum absolute atomic E-state index is 0.281. The van der Waals surface area contributed by atoms with Crippen LogP contribution in [0.25, 0.3) is 0 Å². The summed E-state index contributed by atoms with van der Waals surface area (Å²) in [6.07, 6.45) is 0. The van der Waals surface area contributed by atoms with Crippen molar-refractivity contribution in [2.24, 2.45) is 0 Å². The molecule has 0 aliphatic carbocycles. The Bertz CT molecular complexity index is 421. The molecule has 1 N–H and O–H groups in total. The van der Waals surface area contributed by atoms with Gasteiger partial charge in [0.1, 0.15) is 12.4 Å². The third-order valence-electron chi connectivity index (χ3n) is 2.21. The molecule has 0 aliphatic rings. The molecule has 1 rings (SSSR count). The van der Waals surface area contributed by atoms with Crippen molar-refractivity contribution in [3.8, 4) is 5.75 Å². The second-order valence-electron chi connectivity index (χ2n) is 4.13. The normalized spacial score (nSPS) is 12.0. The van der Waals surface area contributed by atoms with E-state index in [2.05, 4.69) is 35.1 Å². The molecule has 0 bridgehead atoms. The van der Waals surface area contributed by atoms with E-state index < -0.39 is 0 Å². The van der Waals surface area contributed by atoms with Crippen LogP contribution in [0.1, 0.15) is 19.4 Å². The third-order valence-corrected chi connectivity index (χ3v) is 3.58. The van der Waals surface area contributed by atoms with Crippen molar-refractivity contribution in [2.45, 2.75) is 26.4 Å². The summed E-state index contributed by atoms with van der Waals surface area (Å²) in [7, 11) is 0. The Morgan fingerprint density at radius 3 is 2.83 bits per heavy atom. The molecule has 0 radical (unpaired) electrons. The zero-order valence-electron chi connectivity index (χ0n) is 10.3. The van der Waals surface area contributed by atoms with Gasteiger partial charge in [-0.15, -0.1) is 0 Å². The average molecular weight is 353 g/mol. The Morgan fingerprint density at radius 1 is 1.50 bits per heavy atom. The number of benzene rings is 1. The summed E-state index contributed by atoms with van der Waals surface area (Å²) in [6, 6.07) is 6.28. The molecule has 0 spiro atoms. The first kappa shape index (κ1) is 15.8. The summed E-state index contributed by atoms with van der Waals surface area (Å²) in [5, 5.41) is 3.84. The Hall–Kier alpha value is -0.220. The van der Waals surface area contributed by atoms with Gasteiger partial charge >= 0.3 is 0 Å². The van der Waals surface area contributed by atoms with Crippen LogP contribution >= 0.6 is 39.1 Å². The lowest BCUT2D eigenvalue weighted by atomic mass is 10.2. The Morgan fingerprint density at radius 2 is 2.22 bits per heavy atom. The van der Waals surface area contributed by atoms with Gasteiger partial charge in [0.2, 0.25) is 0 Å². The smallest absolute Gasteiger partial charge is 0.125 e. The molecule has 0 aromatic heterocycles. The van der Waals surface area contributed by atoms with Crippen LogP contribution in [0.15, 0.2) is 33.2 Å². The van der Waals surface area contributed by atoms with Gasteiger partial charge in [-0.25, -0.2) is 0 Å². The number of hydrogen-bond acceptors (Lipinski definition) is 2. The first-order valence-corrected chi connectivity index (χ1v) is 7.23. The zero-order valence-corrected chi connectivity index (χ0v) is 13.4. The minimum atomic E-state index is 0.281. The van der Waals surface area contributed by atoms with E-state index in [9.17, 15) is 0 Å². The lowest BCUT2D eigenvalue weighted by molar-refractivity contribution is 0.358. The van der Waals surface area contributed by atoms with E-state index in [-0.39, 0.29) is 6.61 Å². The quantitative estimate of drug-likeness (QED) is 0.804. The Kier molecular flexibility index (Phi) is 7.08. The lowest BCUT2D eigenvalue weighted by Gasteiger charge is -2.12. The minimum Gasteiger partial charge on any atom is -0.488 e. The maximum Gasteiger partial charge on any atom is 0.125 e. The van der Waals surface area contributed by atoms with Crippen LogP contribution in [0.3, 0.4) is 0 Å². The van der Waals surface area contributed by atoms with Crippen molar-refractivity contribution in [1.82, 2.24) is 5.32 Å². The maximum absolute atomic E-state index is 5.77. The highest BCUT2D eigenvalue weighted by Gasteiger charge is 2.04. The maximum atomic E-state index is 5.77. The highest BCUT2D eigenvalue weighted by molar-refractivity contribution is 9.10. The molecule has 0 aliphatic heterocycles. The summed E-state index contributed by atoms with van der Waals surface area (Å²) in [5.41, 5.74) is 2.45. The van der Waals surface area contributed by atoms with Crippen LogP contribution < -0.4 is 10.1 Å².